The highest BCUT2D eigenvalue weighted by Crippen LogP contribution is 2.44. The fraction of sp³-hybridized carbons (Fsp3) is 0.269. The van der Waals surface area contributed by atoms with E-state index in [-0.39, 0.29) is 25.4 Å². The van der Waals surface area contributed by atoms with E-state index in [2.05, 4.69) is 15.6 Å². The zero-order valence-electron chi connectivity index (χ0n) is 18.9. The second-order valence-corrected chi connectivity index (χ2v) is 8.33. The van der Waals surface area contributed by atoms with E-state index in [0.717, 1.165) is 22.3 Å². The first-order valence-corrected chi connectivity index (χ1v) is 11.4. The summed E-state index contributed by atoms with van der Waals surface area (Å²) in [5.41, 5.74) is 5.01. The summed E-state index contributed by atoms with van der Waals surface area (Å²) in [6.07, 6.45) is 0.853. The van der Waals surface area contributed by atoms with Gasteiger partial charge in [-0.15, -0.1) is 0 Å². The Kier molecular flexibility index (Phi) is 7.47. The SMILES string of the molecule is O=C(NC(Cc1ccc[nH]1)C(=O)NC(CCO)C(=O)O)OCC1c2ccccc2-c2ccccc21. The van der Waals surface area contributed by atoms with Crippen molar-refractivity contribution in [1.29, 1.82) is 0 Å². The number of aromatic amines is 1. The van der Waals surface area contributed by atoms with Crippen molar-refractivity contribution >= 4 is 18.0 Å². The van der Waals surface area contributed by atoms with Crippen LogP contribution in [0.1, 0.15) is 29.2 Å². The number of amides is 2. The lowest BCUT2D eigenvalue weighted by atomic mass is 9.98. The van der Waals surface area contributed by atoms with E-state index in [4.69, 9.17) is 9.84 Å². The molecule has 2 atom stereocenters. The van der Waals surface area contributed by atoms with Crippen LogP contribution < -0.4 is 10.6 Å². The molecule has 1 aliphatic carbocycles. The molecule has 1 aliphatic rings. The summed E-state index contributed by atoms with van der Waals surface area (Å²) in [6.45, 7) is -0.322. The van der Waals surface area contributed by atoms with Gasteiger partial charge in [-0.3, -0.25) is 4.79 Å². The summed E-state index contributed by atoms with van der Waals surface area (Å²) in [5, 5.41) is 23.3. The van der Waals surface area contributed by atoms with E-state index in [0.29, 0.717) is 5.69 Å². The number of carbonyl (C=O) groups is 3. The summed E-state index contributed by atoms with van der Waals surface area (Å²) < 4.78 is 5.54. The van der Waals surface area contributed by atoms with Gasteiger partial charge in [0.15, 0.2) is 0 Å². The maximum absolute atomic E-state index is 12.8. The van der Waals surface area contributed by atoms with Gasteiger partial charge in [0, 0.05) is 37.3 Å². The van der Waals surface area contributed by atoms with Crippen LogP contribution in [0.25, 0.3) is 11.1 Å². The van der Waals surface area contributed by atoms with Crippen molar-refractivity contribution in [3.05, 3.63) is 83.7 Å². The van der Waals surface area contributed by atoms with Crippen LogP contribution in [0.2, 0.25) is 0 Å². The van der Waals surface area contributed by atoms with Gasteiger partial charge in [0.1, 0.15) is 18.7 Å². The summed E-state index contributed by atoms with van der Waals surface area (Å²) in [6, 6.07) is 17.1. The first kappa shape index (κ1) is 24.0. The second kappa shape index (κ2) is 10.9. The lowest BCUT2D eigenvalue weighted by Crippen LogP contribution is -2.52. The number of benzene rings is 2. The molecule has 0 radical (unpaired) electrons. The number of H-pyrrole nitrogens is 1. The smallest absolute Gasteiger partial charge is 0.407 e. The van der Waals surface area contributed by atoms with Crippen LogP contribution >= 0.6 is 0 Å². The number of carboxylic acids is 1. The number of aliphatic carboxylic acids is 1. The average molecular weight is 478 g/mol. The second-order valence-electron chi connectivity index (χ2n) is 8.33. The zero-order chi connectivity index (χ0) is 24.8. The molecule has 9 heteroatoms. The number of aromatic nitrogens is 1. The third-order valence-corrected chi connectivity index (χ3v) is 6.07. The van der Waals surface area contributed by atoms with Gasteiger partial charge in [0.25, 0.3) is 0 Å². The number of carbonyl (C=O) groups excluding carboxylic acids is 2. The van der Waals surface area contributed by atoms with Crippen molar-refractivity contribution in [1.82, 2.24) is 15.6 Å². The number of aliphatic hydroxyl groups is 1. The Morgan fingerprint density at radius 1 is 0.914 bits per heavy atom. The van der Waals surface area contributed by atoms with Crippen LogP contribution in [0.3, 0.4) is 0 Å². The van der Waals surface area contributed by atoms with Crippen molar-refractivity contribution < 1.29 is 29.3 Å². The van der Waals surface area contributed by atoms with E-state index >= 15 is 0 Å². The van der Waals surface area contributed by atoms with Gasteiger partial charge >= 0.3 is 12.1 Å². The Morgan fingerprint density at radius 3 is 2.14 bits per heavy atom. The van der Waals surface area contributed by atoms with Crippen molar-refractivity contribution in [2.75, 3.05) is 13.2 Å². The molecule has 2 aromatic carbocycles. The molecule has 0 spiro atoms. The van der Waals surface area contributed by atoms with E-state index in [9.17, 15) is 19.5 Å². The molecular weight excluding hydrogens is 450 g/mol. The number of hydrogen-bond acceptors (Lipinski definition) is 5. The predicted molar refractivity (Wildman–Crippen MR) is 128 cm³/mol. The number of fused-ring (bicyclic) bond motifs is 3. The Hall–Kier alpha value is -4.11. The summed E-state index contributed by atoms with van der Waals surface area (Å²) in [4.78, 5) is 39.9. The third kappa shape index (κ3) is 5.52. The zero-order valence-corrected chi connectivity index (χ0v) is 18.9. The maximum atomic E-state index is 12.8. The quantitative estimate of drug-likeness (QED) is 0.304. The Balaban J connectivity index is 1.44. The molecule has 4 rings (SSSR count). The lowest BCUT2D eigenvalue weighted by Gasteiger charge is -2.21. The Labute approximate surface area is 202 Å². The molecule has 1 aromatic heterocycles. The minimum Gasteiger partial charge on any atom is -0.480 e. The Morgan fingerprint density at radius 2 is 1.57 bits per heavy atom. The van der Waals surface area contributed by atoms with Gasteiger partial charge < -0.3 is 30.6 Å². The fourth-order valence-corrected chi connectivity index (χ4v) is 4.36. The number of carboxylic acid groups (broad SMARTS) is 1. The number of ether oxygens (including phenoxy) is 1. The van der Waals surface area contributed by atoms with Gasteiger partial charge in [-0.2, -0.15) is 0 Å². The number of nitrogens with one attached hydrogen (secondary N) is 3. The van der Waals surface area contributed by atoms with Gasteiger partial charge in [0.05, 0.1) is 0 Å². The lowest BCUT2D eigenvalue weighted by molar-refractivity contribution is -0.142. The number of hydrogen-bond donors (Lipinski definition) is 5. The van der Waals surface area contributed by atoms with Crippen LogP contribution in [0, 0.1) is 0 Å². The van der Waals surface area contributed by atoms with Gasteiger partial charge in [-0.05, 0) is 34.4 Å². The van der Waals surface area contributed by atoms with Gasteiger partial charge in [-0.25, -0.2) is 9.59 Å². The fourth-order valence-electron chi connectivity index (χ4n) is 4.36. The highest BCUT2D eigenvalue weighted by molar-refractivity contribution is 5.89. The molecule has 1 heterocycles. The molecule has 9 nitrogen and oxygen atoms in total. The van der Waals surface area contributed by atoms with Crippen LogP contribution in [0.5, 0.6) is 0 Å². The predicted octanol–water partition coefficient (Wildman–Crippen LogP) is 2.42. The molecule has 2 unspecified atom stereocenters. The Bertz CT molecular complexity index is 1150. The molecule has 35 heavy (non-hydrogen) atoms. The molecule has 5 N–H and O–H groups in total. The number of alkyl carbamates (subject to hydrolysis) is 1. The van der Waals surface area contributed by atoms with Crippen molar-refractivity contribution in [3.63, 3.8) is 0 Å². The van der Waals surface area contributed by atoms with E-state index in [1.807, 2.05) is 48.5 Å². The van der Waals surface area contributed by atoms with Crippen molar-refractivity contribution in [3.8, 4) is 11.1 Å². The summed E-state index contributed by atoms with van der Waals surface area (Å²) in [5.74, 6) is -2.09. The minimum absolute atomic E-state index is 0.0823. The van der Waals surface area contributed by atoms with Crippen LogP contribution in [-0.2, 0) is 20.7 Å². The van der Waals surface area contributed by atoms with Crippen molar-refractivity contribution in [2.45, 2.75) is 30.8 Å². The first-order chi connectivity index (χ1) is 17.0. The molecule has 3 aromatic rings. The van der Waals surface area contributed by atoms with Crippen LogP contribution in [0.15, 0.2) is 66.9 Å². The molecule has 0 saturated carbocycles. The van der Waals surface area contributed by atoms with Crippen LogP contribution in [-0.4, -0.2) is 58.5 Å². The third-order valence-electron chi connectivity index (χ3n) is 6.07. The average Bonchev–Trinajstić information content (AvgIpc) is 3.48. The molecule has 0 bridgehead atoms. The highest BCUT2D eigenvalue weighted by Gasteiger charge is 2.31. The number of aliphatic hydroxyl groups excluding tert-OH is 1. The normalized spacial score (nSPS) is 13.9. The van der Waals surface area contributed by atoms with E-state index in [1.54, 1.807) is 18.3 Å². The standard InChI is InChI=1S/C26H27N3O6/c30-13-11-22(25(32)33)28-24(31)23(14-16-6-5-12-27-16)29-26(34)35-15-21-19-9-3-1-7-17(19)18-8-2-4-10-20(18)21/h1-10,12,21-23,27,30H,11,13-15H2,(H,28,31)(H,29,34)(H,32,33). The van der Waals surface area contributed by atoms with E-state index in [1.165, 1.54) is 0 Å². The van der Waals surface area contributed by atoms with Crippen LogP contribution in [0.4, 0.5) is 4.79 Å². The van der Waals surface area contributed by atoms with Crippen molar-refractivity contribution in [2.24, 2.45) is 0 Å². The van der Waals surface area contributed by atoms with Gasteiger partial charge in [0.2, 0.25) is 5.91 Å². The largest absolute Gasteiger partial charge is 0.480 e. The first-order valence-electron chi connectivity index (χ1n) is 11.4. The maximum Gasteiger partial charge on any atom is 0.407 e. The minimum atomic E-state index is -1.28. The molecule has 182 valence electrons. The number of rotatable bonds is 10. The molecule has 2 amide bonds. The summed E-state index contributed by atoms with van der Waals surface area (Å²) in [7, 11) is 0. The molecule has 0 aliphatic heterocycles. The van der Waals surface area contributed by atoms with Gasteiger partial charge in [-0.1, -0.05) is 48.5 Å². The molecular formula is C26H27N3O6. The topological polar surface area (TPSA) is 141 Å². The monoisotopic (exact) mass is 477 g/mol. The summed E-state index contributed by atoms with van der Waals surface area (Å²) >= 11 is 0. The highest BCUT2D eigenvalue weighted by atomic mass is 16.5. The molecule has 0 fully saturated rings. The molecule has 0 saturated heterocycles. The van der Waals surface area contributed by atoms with E-state index < -0.39 is 36.7 Å².